The van der Waals surface area contributed by atoms with E-state index in [-0.39, 0.29) is 5.91 Å². The van der Waals surface area contributed by atoms with E-state index in [0.717, 1.165) is 31.6 Å². The van der Waals surface area contributed by atoms with Crippen molar-refractivity contribution in [1.82, 2.24) is 20.1 Å². The van der Waals surface area contributed by atoms with Crippen molar-refractivity contribution in [2.24, 2.45) is 0 Å². The second-order valence-electron chi connectivity index (χ2n) is 5.99. The third kappa shape index (κ3) is 2.91. The molecule has 2 N–H and O–H groups in total. The van der Waals surface area contributed by atoms with Crippen LogP contribution < -0.4 is 10.6 Å². The van der Waals surface area contributed by atoms with Crippen molar-refractivity contribution in [3.63, 3.8) is 0 Å². The van der Waals surface area contributed by atoms with Crippen LogP contribution in [0.5, 0.6) is 0 Å². The summed E-state index contributed by atoms with van der Waals surface area (Å²) in [6.45, 7) is 1.98. The minimum absolute atomic E-state index is 0.181. The minimum Gasteiger partial charge on any atom is -0.315 e. The van der Waals surface area contributed by atoms with Gasteiger partial charge < -0.3 is 5.32 Å². The Kier molecular flexibility index (Phi) is 3.67. The lowest BCUT2D eigenvalue weighted by atomic mass is 10.1. The van der Waals surface area contributed by atoms with Crippen LogP contribution in [0, 0.1) is 0 Å². The van der Waals surface area contributed by atoms with Gasteiger partial charge in [0, 0.05) is 24.0 Å². The summed E-state index contributed by atoms with van der Waals surface area (Å²) < 4.78 is 1.90. The fourth-order valence-electron chi connectivity index (χ4n) is 2.79. The van der Waals surface area contributed by atoms with Crippen LogP contribution in [0.4, 0.5) is 5.13 Å². The molecule has 1 aliphatic heterocycles. The Morgan fingerprint density at radius 1 is 1.41 bits per heavy atom. The van der Waals surface area contributed by atoms with Crippen LogP contribution in [0.2, 0.25) is 0 Å². The highest BCUT2D eigenvalue weighted by molar-refractivity contribution is 7.14. The minimum atomic E-state index is -0.181. The van der Waals surface area contributed by atoms with Crippen molar-refractivity contribution in [2.45, 2.75) is 37.6 Å². The number of rotatable bonds is 4. The molecule has 22 heavy (non-hydrogen) atoms. The molecule has 116 valence electrons. The van der Waals surface area contributed by atoms with E-state index in [1.807, 2.05) is 16.3 Å². The number of anilines is 1. The Morgan fingerprint density at radius 3 is 3.09 bits per heavy atom. The number of carbonyl (C=O) groups is 1. The first-order chi connectivity index (χ1) is 10.8. The average Bonchev–Trinajstić information content (AvgIpc) is 3.10. The lowest BCUT2D eigenvalue weighted by molar-refractivity contribution is 0.102. The maximum atomic E-state index is 12.3. The monoisotopic (exact) mass is 317 g/mol. The molecule has 1 unspecified atom stereocenters. The highest BCUT2D eigenvalue weighted by Crippen LogP contribution is 2.40. The van der Waals surface area contributed by atoms with Crippen molar-refractivity contribution < 1.29 is 4.79 Å². The van der Waals surface area contributed by atoms with Crippen molar-refractivity contribution in [2.75, 3.05) is 18.4 Å². The van der Waals surface area contributed by atoms with E-state index < -0.39 is 0 Å². The smallest absolute Gasteiger partial charge is 0.277 e. The van der Waals surface area contributed by atoms with E-state index in [4.69, 9.17) is 0 Å². The largest absolute Gasteiger partial charge is 0.315 e. The van der Waals surface area contributed by atoms with Gasteiger partial charge in [0.1, 0.15) is 0 Å². The van der Waals surface area contributed by atoms with E-state index >= 15 is 0 Å². The van der Waals surface area contributed by atoms with Crippen LogP contribution >= 0.6 is 11.3 Å². The summed E-state index contributed by atoms with van der Waals surface area (Å²) in [6.07, 6.45) is 6.58. The topological polar surface area (TPSA) is 71.8 Å². The van der Waals surface area contributed by atoms with Gasteiger partial charge in [-0.05, 0) is 38.3 Å². The second kappa shape index (κ2) is 5.81. The van der Waals surface area contributed by atoms with Crippen LogP contribution in [0.25, 0.3) is 0 Å². The maximum absolute atomic E-state index is 12.3. The number of piperidine rings is 1. The number of aromatic nitrogens is 3. The Labute approximate surface area is 132 Å². The summed E-state index contributed by atoms with van der Waals surface area (Å²) in [5.74, 6) is 0.430. The molecule has 0 spiro atoms. The molecule has 0 radical (unpaired) electrons. The molecule has 0 bridgehead atoms. The third-order valence-corrected chi connectivity index (χ3v) is 5.00. The van der Waals surface area contributed by atoms with Gasteiger partial charge in [-0.25, -0.2) is 4.98 Å². The number of nitrogens with zero attached hydrogens (tertiary/aromatic N) is 3. The lowest BCUT2D eigenvalue weighted by Gasteiger charge is -2.22. The fourth-order valence-corrected chi connectivity index (χ4v) is 3.58. The molecule has 2 aromatic heterocycles. The number of nitrogens with one attached hydrogen (secondary N) is 2. The quantitative estimate of drug-likeness (QED) is 0.908. The van der Waals surface area contributed by atoms with Crippen LogP contribution in [0.3, 0.4) is 0 Å². The van der Waals surface area contributed by atoms with Crippen molar-refractivity contribution in [3.8, 4) is 0 Å². The zero-order valence-electron chi connectivity index (χ0n) is 12.3. The third-order valence-electron chi connectivity index (χ3n) is 4.22. The normalized spacial score (nSPS) is 21.7. The summed E-state index contributed by atoms with van der Waals surface area (Å²) in [5, 5.41) is 13.4. The molecular formula is C15H19N5OS. The molecule has 1 saturated carbocycles. The van der Waals surface area contributed by atoms with E-state index in [9.17, 15) is 4.79 Å². The molecule has 2 aliphatic rings. The van der Waals surface area contributed by atoms with E-state index in [1.165, 1.54) is 24.2 Å². The summed E-state index contributed by atoms with van der Waals surface area (Å²) in [7, 11) is 0. The number of amides is 1. The van der Waals surface area contributed by atoms with E-state index in [2.05, 4.69) is 20.7 Å². The van der Waals surface area contributed by atoms with Gasteiger partial charge in [-0.1, -0.05) is 0 Å². The van der Waals surface area contributed by atoms with Gasteiger partial charge in [0.05, 0.1) is 11.7 Å². The van der Waals surface area contributed by atoms with Gasteiger partial charge in [-0.3, -0.25) is 14.8 Å². The Balaban J connectivity index is 1.42. The molecule has 4 rings (SSSR count). The zero-order chi connectivity index (χ0) is 14.9. The lowest BCUT2D eigenvalue weighted by Crippen LogP contribution is -2.32. The van der Waals surface area contributed by atoms with Gasteiger partial charge in [0.25, 0.3) is 5.91 Å². The highest BCUT2D eigenvalue weighted by Gasteiger charge is 2.26. The first kappa shape index (κ1) is 13.9. The predicted octanol–water partition coefficient (Wildman–Crippen LogP) is 2.39. The number of thiazole rings is 1. The van der Waals surface area contributed by atoms with Crippen LogP contribution in [0.1, 0.15) is 53.8 Å². The molecule has 7 heteroatoms. The molecule has 1 amide bonds. The van der Waals surface area contributed by atoms with Crippen molar-refractivity contribution in [3.05, 3.63) is 29.0 Å². The Bertz CT molecular complexity index is 669. The van der Waals surface area contributed by atoms with E-state index in [0.29, 0.717) is 22.8 Å². The summed E-state index contributed by atoms with van der Waals surface area (Å²) in [4.78, 5) is 16.7. The SMILES string of the molecule is O=C(Nc1nc(C2CC2)cs1)c1ccn(C2CCCNC2)n1. The van der Waals surface area contributed by atoms with Gasteiger partial charge in [0.15, 0.2) is 10.8 Å². The number of hydrogen-bond donors (Lipinski definition) is 2. The number of hydrogen-bond acceptors (Lipinski definition) is 5. The molecule has 1 atom stereocenters. The summed E-state index contributed by atoms with van der Waals surface area (Å²) in [6, 6.07) is 2.12. The van der Waals surface area contributed by atoms with Crippen LogP contribution in [0.15, 0.2) is 17.6 Å². The standard InChI is InChI=1S/C15H19N5OS/c21-14(18-15-17-13(9-22-15)10-3-4-10)12-5-7-20(19-12)11-2-1-6-16-8-11/h5,7,9-11,16H,1-4,6,8H2,(H,17,18,21). The van der Waals surface area contributed by atoms with Crippen molar-refractivity contribution in [1.29, 1.82) is 0 Å². The summed E-state index contributed by atoms with van der Waals surface area (Å²) >= 11 is 1.49. The van der Waals surface area contributed by atoms with Crippen LogP contribution in [-0.4, -0.2) is 33.8 Å². The van der Waals surface area contributed by atoms with Gasteiger partial charge >= 0.3 is 0 Å². The summed E-state index contributed by atoms with van der Waals surface area (Å²) in [5.41, 5.74) is 1.56. The molecule has 0 aromatic carbocycles. The molecule has 2 aromatic rings. The predicted molar refractivity (Wildman–Crippen MR) is 85.4 cm³/mol. The van der Waals surface area contributed by atoms with E-state index in [1.54, 1.807) is 6.07 Å². The van der Waals surface area contributed by atoms with Crippen LogP contribution in [-0.2, 0) is 0 Å². The highest BCUT2D eigenvalue weighted by atomic mass is 32.1. The zero-order valence-corrected chi connectivity index (χ0v) is 13.1. The first-order valence-corrected chi connectivity index (χ1v) is 8.70. The average molecular weight is 317 g/mol. The molecular weight excluding hydrogens is 298 g/mol. The number of carbonyl (C=O) groups excluding carboxylic acids is 1. The maximum Gasteiger partial charge on any atom is 0.277 e. The Hall–Kier alpha value is -1.73. The fraction of sp³-hybridized carbons (Fsp3) is 0.533. The molecule has 1 saturated heterocycles. The van der Waals surface area contributed by atoms with Gasteiger partial charge in [-0.2, -0.15) is 5.10 Å². The molecule has 2 fully saturated rings. The second-order valence-corrected chi connectivity index (χ2v) is 6.85. The molecule has 1 aliphatic carbocycles. The van der Waals surface area contributed by atoms with Gasteiger partial charge in [0.2, 0.25) is 0 Å². The molecule has 6 nitrogen and oxygen atoms in total. The molecule has 3 heterocycles. The Morgan fingerprint density at radius 2 is 2.32 bits per heavy atom. The first-order valence-electron chi connectivity index (χ1n) is 7.82. The van der Waals surface area contributed by atoms with Crippen molar-refractivity contribution >= 4 is 22.4 Å². The van der Waals surface area contributed by atoms with Gasteiger partial charge in [-0.15, -0.1) is 11.3 Å².